The highest BCUT2D eigenvalue weighted by Gasteiger charge is 2.23. The molecule has 3 heterocycles. The molecule has 0 saturated carbocycles. The van der Waals surface area contributed by atoms with Crippen molar-refractivity contribution in [1.29, 1.82) is 0 Å². The second kappa shape index (κ2) is 10.6. The third-order valence-corrected chi connectivity index (χ3v) is 7.15. The number of likely N-dealkylation sites (tertiary alicyclic amines) is 1. The van der Waals surface area contributed by atoms with E-state index < -0.39 is 0 Å². The van der Waals surface area contributed by atoms with E-state index >= 15 is 0 Å². The first-order chi connectivity index (χ1) is 15.2. The summed E-state index contributed by atoms with van der Waals surface area (Å²) in [6.45, 7) is 12.4. The lowest BCUT2D eigenvalue weighted by Crippen LogP contribution is -2.33. The van der Waals surface area contributed by atoms with E-state index in [1.54, 1.807) is 0 Å². The number of hydrogen-bond donors (Lipinski definition) is 0. The minimum atomic E-state index is 0.937. The molecule has 4 nitrogen and oxygen atoms in total. The van der Waals surface area contributed by atoms with Crippen molar-refractivity contribution in [3.63, 3.8) is 0 Å². The van der Waals surface area contributed by atoms with Gasteiger partial charge in [0.2, 0.25) is 0 Å². The van der Waals surface area contributed by atoms with Crippen molar-refractivity contribution in [3.05, 3.63) is 40.6 Å². The SMILES string of the molecule is CCc1cccc(CC)c1-c1nc(C)c(CN2CCCCCC2)c(N2CCCCC2)n1. The molecule has 0 spiro atoms. The lowest BCUT2D eigenvalue weighted by molar-refractivity contribution is 0.275. The van der Waals surface area contributed by atoms with Gasteiger partial charge in [0, 0.05) is 36.5 Å². The molecule has 4 rings (SSSR count). The van der Waals surface area contributed by atoms with Crippen molar-refractivity contribution < 1.29 is 0 Å². The largest absolute Gasteiger partial charge is 0.356 e. The maximum absolute atomic E-state index is 5.32. The van der Waals surface area contributed by atoms with Crippen LogP contribution in [0.3, 0.4) is 0 Å². The first-order valence-corrected chi connectivity index (χ1v) is 12.7. The zero-order valence-electron chi connectivity index (χ0n) is 19.9. The summed E-state index contributed by atoms with van der Waals surface area (Å²) in [4.78, 5) is 15.7. The Morgan fingerprint density at radius 3 is 1.97 bits per heavy atom. The molecule has 0 radical (unpaired) electrons. The summed E-state index contributed by atoms with van der Waals surface area (Å²) >= 11 is 0. The Morgan fingerprint density at radius 2 is 1.35 bits per heavy atom. The van der Waals surface area contributed by atoms with Gasteiger partial charge in [0.05, 0.1) is 0 Å². The zero-order chi connectivity index (χ0) is 21.6. The van der Waals surface area contributed by atoms with Gasteiger partial charge in [-0.25, -0.2) is 9.97 Å². The Morgan fingerprint density at radius 1 is 0.774 bits per heavy atom. The molecule has 1 aromatic carbocycles. The molecule has 0 unspecified atom stereocenters. The Labute approximate surface area is 189 Å². The van der Waals surface area contributed by atoms with Crippen LogP contribution < -0.4 is 4.90 Å². The highest BCUT2D eigenvalue weighted by molar-refractivity contribution is 5.68. The van der Waals surface area contributed by atoms with Gasteiger partial charge in [-0.3, -0.25) is 4.90 Å². The van der Waals surface area contributed by atoms with Crippen molar-refractivity contribution in [2.75, 3.05) is 31.1 Å². The summed E-state index contributed by atoms with van der Waals surface area (Å²) in [5.41, 5.74) is 6.53. The summed E-state index contributed by atoms with van der Waals surface area (Å²) < 4.78 is 0. The van der Waals surface area contributed by atoms with E-state index in [1.807, 2.05) is 0 Å². The predicted molar refractivity (Wildman–Crippen MR) is 131 cm³/mol. The summed E-state index contributed by atoms with van der Waals surface area (Å²) in [7, 11) is 0. The molecule has 0 N–H and O–H groups in total. The topological polar surface area (TPSA) is 32.3 Å². The average molecular weight is 421 g/mol. The van der Waals surface area contributed by atoms with Gasteiger partial charge < -0.3 is 4.90 Å². The van der Waals surface area contributed by atoms with Gasteiger partial charge in [-0.05, 0) is 76.1 Å². The number of rotatable bonds is 6. The van der Waals surface area contributed by atoms with Crippen LogP contribution in [0.25, 0.3) is 11.4 Å². The predicted octanol–water partition coefficient (Wildman–Crippen LogP) is 5.94. The van der Waals surface area contributed by atoms with E-state index in [-0.39, 0.29) is 0 Å². The van der Waals surface area contributed by atoms with Crippen LogP contribution in [-0.2, 0) is 19.4 Å². The minimum absolute atomic E-state index is 0.937. The Kier molecular flexibility index (Phi) is 7.60. The van der Waals surface area contributed by atoms with Gasteiger partial charge in [-0.2, -0.15) is 0 Å². The Balaban J connectivity index is 1.78. The van der Waals surface area contributed by atoms with Crippen molar-refractivity contribution in [2.45, 2.75) is 85.1 Å². The van der Waals surface area contributed by atoms with Crippen LogP contribution in [0.5, 0.6) is 0 Å². The smallest absolute Gasteiger partial charge is 0.162 e. The maximum Gasteiger partial charge on any atom is 0.162 e. The van der Waals surface area contributed by atoms with Crippen molar-refractivity contribution in [1.82, 2.24) is 14.9 Å². The van der Waals surface area contributed by atoms with Gasteiger partial charge >= 0.3 is 0 Å². The molecule has 1 aromatic heterocycles. The van der Waals surface area contributed by atoms with Gasteiger partial charge in [0.1, 0.15) is 5.82 Å². The highest BCUT2D eigenvalue weighted by Crippen LogP contribution is 2.32. The fraction of sp³-hybridized carbons (Fsp3) is 0.630. The molecular weight excluding hydrogens is 380 g/mol. The quantitative estimate of drug-likeness (QED) is 0.578. The molecular formula is C27H40N4. The number of aromatic nitrogens is 2. The number of anilines is 1. The van der Waals surface area contributed by atoms with E-state index in [0.29, 0.717) is 0 Å². The molecule has 0 bridgehead atoms. The van der Waals surface area contributed by atoms with E-state index in [1.165, 1.54) is 91.8 Å². The van der Waals surface area contributed by atoms with Crippen LogP contribution in [-0.4, -0.2) is 41.0 Å². The third-order valence-electron chi connectivity index (χ3n) is 7.15. The number of benzene rings is 1. The Hall–Kier alpha value is -1.94. The molecule has 2 saturated heterocycles. The van der Waals surface area contributed by atoms with Crippen molar-refractivity contribution in [3.8, 4) is 11.4 Å². The number of nitrogens with zero attached hydrogens (tertiary/aromatic N) is 4. The maximum atomic E-state index is 5.32. The van der Waals surface area contributed by atoms with E-state index in [0.717, 1.165) is 38.3 Å². The second-order valence-corrected chi connectivity index (χ2v) is 9.33. The molecule has 0 amide bonds. The van der Waals surface area contributed by atoms with Crippen LogP contribution in [0, 0.1) is 6.92 Å². The lowest BCUT2D eigenvalue weighted by atomic mass is 9.96. The average Bonchev–Trinajstić information content (AvgIpc) is 3.09. The van der Waals surface area contributed by atoms with Crippen LogP contribution in [0.2, 0.25) is 0 Å². The molecule has 0 atom stereocenters. The zero-order valence-corrected chi connectivity index (χ0v) is 19.9. The molecule has 4 heteroatoms. The normalized spacial score (nSPS) is 18.2. The molecule has 0 aliphatic carbocycles. The molecule has 31 heavy (non-hydrogen) atoms. The van der Waals surface area contributed by atoms with Gasteiger partial charge in [-0.15, -0.1) is 0 Å². The highest BCUT2D eigenvalue weighted by atomic mass is 15.2. The van der Waals surface area contributed by atoms with Gasteiger partial charge in [0.25, 0.3) is 0 Å². The number of aryl methyl sites for hydroxylation is 3. The van der Waals surface area contributed by atoms with E-state index in [9.17, 15) is 0 Å². The molecule has 2 aliphatic rings. The van der Waals surface area contributed by atoms with Crippen LogP contribution in [0.1, 0.15) is 81.2 Å². The Bertz CT molecular complexity index is 840. The first-order valence-electron chi connectivity index (χ1n) is 12.7. The van der Waals surface area contributed by atoms with Crippen molar-refractivity contribution >= 4 is 5.82 Å². The lowest BCUT2D eigenvalue weighted by Gasteiger charge is -2.32. The molecule has 2 fully saturated rings. The minimum Gasteiger partial charge on any atom is -0.356 e. The summed E-state index contributed by atoms with van der Waals surface area (Å²) in [5, 5.41) is 0. The standard InChI is InChI=1S/C27H40N4/c1-4-22-14-13-15-23(5-2)25(22)26-28-21(3)24(20-30-16-9-6-7-10-17-30)27(29-26)31-18-11-8-12-19-31/h13-15H,4-12,16-20H2,1-3H3. The number of hydrogen-bond acceptors (Lipinski definition) is 4. The summed E-state index contributed by atoms with van der Waals surface area (Å²) in [5.74, 6) is 2.14. The summed E-state index contributed by atoms with van der Waals surface area (Å²) in [6, 6.07) is 6.69. The molecule has 168 valence electrons. The van der Waals surface area contributed by atoms with Gasteiger partial charge in [-0.1, -0.05) is 44.9 Å². The molecule has 2 aliphatic heterocycles. The fourth-order valence-electron chi connectivity index (χ4n) is 5.29. The second-order valence-electron chi connectivity index (χ2n) is 9.33. The fourth-order valence-corrected chi connectivity index (χ4v) is 5.29. The summed E-state index contributed by atoms with van der Waals surface area (Å²) in [6.07, 6.45) is 11.3. The monoisotopic (exact) mass is 420 g/mol. The third kappa shape index (κ3) is 5.11. The molecule has 2 aromatic rings. The van der Waals surface area contributed by atoms with Crippen molar-refractivity contribution in [2.24, 2.45) is 0 Å². The van der Waals surface area contributed by atoms with E-state index in [4.69, 9.17) is 9.97 Å². The van der Waals surface area contributed by atoms with Crippen LogP contribution in [0.15, 0.2) is 18.2 Å². The van der Waals surface area contributed by atoms with Gasteiger partial charge in [0.15, 0.2) is 5.82 Å². The van der Waals surface area contributed by atoms with E-state index in [2.05, 4.69) is 48.8 Å². The van der Waals surface area contributed by atoms with Crippen LogP contribution in [0.4, 0.5) is 5.82 Å². The number of piperidine rings is 1. The first kappa shape index (κ1) is 22.3. The van der Waals surface area contributed by atoms with Crippen LogP contribution >= 0.6 is 0 Å².